The number of aryl methyl sites for hydroxylation is 1. The number of nitro benzene ring substituents is 1. The molecule has 3 rings (SSSR count). The van der Waals surface area contributed by atoms with Gasteiger partial charge in [-0.05, 0) is 13.0 Å². The predicted molar refractivity (Wildman–Crippen MR) is 76.3 cm³/mol. The number of rotatable bonds is 4. The lowest BCUT2D eigenvalue weighted by Crippen LogP contribution is -2.45. The van der Waals surface area contributed by atoms with E-state index in [-0.39, 0.29) is 11.4 Å². The highest BCUT2D eigenvalue weighted by Crippen LogP contribution is 2.39. The largest absolute Gasteiger partial charge is 0.550 e. The van der Waals surface area contributed by atoms with E-state index in [1.54, 1.807) is 19.1 Å². The third-order valence-corrected chi connectivity index (χ3v) is 4.15. The monoisotopic (exact) mass is 317 g/mol. The zero-order valence-electron chi connectivity index (χ0n) is 12.1. The Bertz CT molecular complexity index is 729. The second kappa shape index (κ2) is 5.47. The molecule has 4 atom stereocenters. The standard InChI is InChI=1S/C15H14N2O6/c1-7-2-3-8(6-9(7)17(21)22)16-14(18)12-10-4-5-11(23-10)13(12)15(19)20/h2-6,10-13H,1H3,(H,16,18)(H,19,20)/p-1/t10-,11+,12-,13+/m1/s1. The summed E-state index contributed by atoms with van der Waals surface area (Å²) in [4.78, 5) is 34.0. The Hall–Kier alpha value is -2.74. The van der Waals surface area contributed by atoms with Crippen molar-refractivity contribution < 1.29 is 24.4 Å². The fourth-order valence-electron chi connectivity index (χ4n) is 3.01. The van der Waals surface area contributed by atoms with Crippen LogP contribution in [0.1, 0.15) is 5.56 Å². The fraction of sp³-hybridized carbons (Fsp3) is 0.333. The van der Waals surface area contributed by atoms with Crippen LogP contribution in [-0.4, -0.2) is 29.0 Å². The number of benzene rings is 1. The van der Waals surface area contributed by atoms with Crippen molar-refractivity contribution >= 4 is 23.3 Å². The fourth-order valence-corrected chi connectivity index (χ4v) is 3.01. The zero-order valence-corrected chi connectivity index (χ0v) is 12.1. The van der Waals surface area contributed by atoms with E-state index in [4.69, 9.17) is 4.74 Å². The second-order valence-electron chi connectivity index (χ2n) is 5.57. The van der Waals surface area contributed by atoms with E-state index < -0.39 is 40.8 Å². The molecule has 0 spiro atoms. The lowest BCUT2D eigenvalue weighted by atomic mass is 9.82. The number of carbonyl (C=O) groups is 2. The Labute approximate surface area is 130 Å². The molecule has 1 fully saturated rings. The van der Waals surface area contributed by atoms with Crippen LogP contribution < -0.4 is 10.4 Å². The minimum Gasteiger partial charge on any atom is -0.550 e. The molecule has 1 amide bonds. The highest BCUT2D eigenvalue weighted by atomic mass is 16.6. The van der Waals surface area contributed by atoms with Gasteiger partial charge in [0.15, 0.2) is 0 Å². The molecular formula is C15H13N2O6-. The van der Waals surface area contributed by atoms with Crippen LogP contribution in [-0.2, 0) is 14.3 Å². The normalized spacial score (nSPS) is 27.9. The van der Waals surface area contributed by atoms with Crippen LogP contribution in [0.5, 0.6) is 0 Å². The smallest absolute Gasteiger partial charge is 0.274 e. The van der Waals surface area contributed by atoms with Crippen LogP contribution in [0.15, 0.2) is 30.4 Å². The van der Waals surface area contributed by atoms with E-state index in [1.807, 2.05) is 0 Å². The number of anilines is 1. The van der Waals surface area contributed by atoms with Crippen molar-refractivity contribution in [2.45, 2.75) is 19.1 Å². The van der Waals surface area contributed by atoms with E-state index in [0.29, 0.717) is 5.56 Å². The number of nitrogens with one attached hydrogen (secondary N) is 1. The molecule has 1 N–H and O–H groups in total. The maximum Gasteiger partial charge on any atom is 0.274 e. The van der Waals surface area contributed by atoms with Crippen molar-refractivity contribution in [1.29, 1.82) is 0 Å². The van der Waals surface area contributed by atoms with Gasteiger partial charge in [0.05, 0.1) is 23.0 Å². The van der Waals surface area contributed by atoms with Crippen molar-refractivity contribution in [1.82, 2.24) is 0 Å². The number of nitro groups is 1. The first kappa shape index (κ1) is 15.2. The molecular weight excluding hydrogens is 304 g/mol. The van der Waals surface area contributed by atoms with Crippen LogP contribution >= 0.6 is 0 Å². The number of carboxylic acid groups (broad SMARTS) is 1. The van der Waals surface area contributed by atoms with Gasteiger partial charge in [-0.2, -0.15) is 0 Å². The molecule has 1 aromatic carbocycles. The Balaban J connectivity index is 1.82. The van der Waals surface area contributed by atoms with Gasteiger partial charge in [0, 0.05) is 29.2 Å². The molecule has 8 heteroatoms. The highest BCUT2D eigenvalue weighted by Gasteiger charge is 2.50. The molecule has 8 nitrogen and oxygen atoms in total. The Morgan fingerprint density at radius 2 is 1.87 bits per heavy atom. The van der Waals surface area contributed by atoms with Crippen LogP contribution in [0.2, 0.25) is 0 Å². The van der Waals surface area contributed by atoms with Crippen molar-refractivity contribution in [3.63, 3.8) is 0 Å². The van der Waals surface area contributed by atoms with Crippen LogP contribution in [0.3, 0.4) is 0 Å². The van der Waals surface area contributed by atoms with Gasteiger partial charge in [-0.3, -0.25) is 14.9 Å². The Kier molecular flexibility index (Phi) is 3.61. The number of aliphatic carboxylic acids is 1. The SMILES string of the molecule is Cc1ccc(NC(=O)[C@H]2[C@@H](C(=O)[O-])[C@@H]3C=C[C@H]2O3)cc1[N+](=O)[O-]. The van der Waals surface area contributed by atoms with Crippen molar-refractivity contribution in [2.75, 3.05) is 5.32 Å². The van der Waals surface area contributed by atoms with E-state index >= 15 is 0 Å². The summed E-state index contributed by atoms with van der Waals surface area (Å²) in [6.07, 6.45) is 1.95. The van der Waals surface area contributed by atoms with Gasteiger partial charge in [-0.15, -0.1) is 0 Å². The zero-order chi connectivity index (χ0) is 16.7. The second-order valence-corrected chi connectivity index (χ2v) is 5.57. The topological polar surface area (TPSA) is 122 Å². The lowest BCUT2D eigenvalue weighted by molar-refractivity contribution is -0.385. The first-order valence-corrected chi connectivity index (χ1v) is 6.99. The molecule has 0 radical (unpaired) electrons. The third kappa shape index (κ3) is 2.57. The predicted octanol–water partition coefficient (Wildman–Crippen LogP) is 0.161. The summed E-state index contributed by atoms with van der Waals surface area (Å²) >= 11 is 0. The highest BCUT2D eigenvalue weighted by molar-refractivity contribution is 5.96. The first-order valence-electron chi connectivity index (χ1n) is 6.99. The maximum atomic E-state index is 12.4. The summed E-state index contributed by atoms with van der Waals surface area (Å²) in [6.45, 7) is 1.59. The van der Waals surface area contributed by atoms with E-state index in [9.17, 15) is 24.8 Å². The Morgan fingerprint density at radius 3 is 2.48 bits per heavy atom. The van der Waals surface area contributed by atoms with Gasteiger partial charge in [-0.1, -0.05) is 18.2 Å². The maximum absolute atomic E-state index is 12.4. The number of carbonyl (C=O) groups excluding carboxylic acids is 2. The molecule has 120 valence electrons. The average Bonchev–Trinajstić information content (AvgIpc) is 3.09. The summed E-state index contributed by atoms with van der Waals surface area (Å²) in [7, 11) is 0. The van der Waals surface area contributed by atoms with Crippen molar-refractivity contribution in [3.05, 3.63) is 46.0 Å². The number of ether oxygens (including phenoxy) is 1. The van der Waals surface area contributed by atoms with Gasteiger partial charge in [0.25, 0.3) is 5.69 Å². The third-order valence-electron chi connectivity index (χ3n) is 4.15. The van der Waals surface area contributed by atoms with E-state index in [2.05, 4.69) is 5.32 Å². The molecule has 2 aliphatic rings. The number of amides is 1. The first-order chi connectivity index (χ1) is 10.9. The molecule has 1 aromatic rings. The van der Waals surface area contributed by atoms with Gasteiger partial charge < -0.3 is 20.0 Å². The molecule has 0 saturated carbocycles. The summed E-state index contributed by atoms with van der Waals surface area (Å²) in [6, 6.07) is 4.28. The molecule has 2 aliphatic heterocycles. The van der Waals surface area contributed by atoms with Crippen molar-refractivity contribution in [3.8, 4) is 0 Å². The van der Waals surface area contributed by atoms with Gasteiger partial charge in [-0.25, -0.2) is 0 Å². The van der Waals surface area contributed by atoms with E-state index in [1.165, 1.54) is 18.2 Å². The summed E-state index contributed by atoms with van der Waals surface area (Å²) in [5.74, 6) is -3.90. The number of hydrogen-bond acceptors (Lipinski definition) is 6. The van der Waals surface area contributed by atoms with Gasteiger partial charge in [0.2, 0.25) is 5.91 Å². The Morgan fingerprint density at radius 1 is 1.22 bits per heavy atom. The molecule has 2 heterocycles. The summed E-state index contributed by atoms with van der Waals surface area (Å²) in [5, 5.41) is 24.7. The van der Waals surface area contributed by atoms with Crippen molar-refractivity contribution in [2.24, 2.45) is 11.8 Å². The molecule has 23 heavy (non-hydrogen) atoms. The van der Waals surface area contributed by atoms with Gasteiger partial charge >= 0.3 is 0 Å². The molecule has 0 aromatic heterocycles. The van der Waals surface area contributed by atoms with E-state index in [0.717, 1.165) is 0 Å². The van der Waals surface area contributed by atoms with Crippen LogP contribution in [0.25, 0.3) is 0 Å². The van der Waals surface area contributed by atoms with Crippen LogP contribution in [0, 0.1) is 28.9 Å². The molecule has 2 bridgehead atoms. The number of fused-ring (bicyclic) bond motifs is 2. The summed E-state index contributed by atoms with van der Waals surface area (Å²) < 4.78 is 5.40. The number of carboxylic acids is 1. The lowest BCUT2D eigenvalue weighted by Gasteiger charge is -2.24. The minimum atomic E-state index is -1.35. The minimum absolute atomic E-state index is 0.122. The van der Waals surface area contributed by atoms with Crippen LogP contribution in [0.4, 0.5) is 11.4 Å². The number of hydrogen-bond donors (Lipinski definition) is 1. The molecule has 1 saturated heterocycles. The number of nitrogens with zero attached hydrogens (tertiary/aromatic N) is 1. The quantitative estimate of drug-likeness (QED) is 0.479. The molecule has 0 aliphatic carbocycles. The average molecular weight is 317 g/mol. The molecule has 0 unspecified atom stereocenters. The summed E-state index contributed by atoms with van der Waals surface area (Å²) in [5.41, 5.74) is 0.575. The van der Waals surface area contributed by atoms with Gasteiger partial charge in [0.1, 0.15) is 0 Å².